The molecule has 1 fully saturated rings. The molecule has 2 heterocycles. The first-order valence-electron chi connectivity index (χ1n) is 11.1. The molecule has 11 heteroatoms. The van der Waals surface area contributed by atoms with Gasteiger partial charge in [-0.3, -0.25) is 0 Å². The molecule has 0 bridgehead atoms. The van der Waals surface area contributed by atoms with Crippen molar-refractivity contribution in [1.29, 1.82) is 0 Å². The van der Waals surface area contributed by atoms with Crippen LogP contribution in [-0.2, 0) is 10.0 Å². The van der Waals surface area contributed by atoms with Crippen LogP contribution in [0.25, 0.3) is 5.69 Å². The van der Waals surface area contributed by atoms with Gasteiger partial charge in [0.15, 0.2) is 0 Å². The lowest BCUT2D eigenvalue weighted by molar-refractivity contribution is 0.101. The van der Waals surface area contributed by atoms with Gasteiger partial charge in [0.2, 0.25) is 10.0 Å². The second-order valence-corrected chi connectivity index (χ2v) is 10.8. The van der Waals surface area contributed by atoms with Crippen molar-refractivity contribution in [3.8, 4) is 5.69 Å². The van der Waals surface area contributed by atoms with Gasteiger partial charge in [-0.1, -0.05) is 30.7 Å². The van der Waals surface area contributed by atoms with Crippen molar-refractivity contribution < 1.29 is 13.5 Å². The van der Waals surface area contributed by atoms with Gasteiger partial charge in [0.1, 0.15) is 12.4 Å². The molecule has 1 aromatic heterocycles. The van der Waals surface area contributed by atoms with Crippen LogP contribution in [0.3, 0.4) is 0 Å². The van der Waals surface area contributed by atoms with Gasteiger partial charge in [-0.25, -0.2) is 22.5 Å². The van der Waals surface area contributed by atoms with Crippen LogP contribution in [0.2, 0.25) is 5.02 Å². The fourth-order valence-electron chi connectivity index (χ4n) is 4.24. The molecule has 2 atom stereocenters. The van der Waals surface area contributed by atoms with E-state index in [0.29, 0.717) is 48.9 Å². The number of sulfonamides is 1. The standard InChI is InChI=1S/C23H28ClN5O4S/c1-3-21(22(30)17-4-6-18(24)7-5-17)29-23(31)28(16-25-29)20-10-8-19(9-11-20)26-12-14-27(15-13-26)34(2,32)33/h4-11,16,21-22,30H,3,12-15H2,1-2H3. The Balaban J connectivity index is 1.51. The molecular weight excluding hydrogens is 478 g/mol. The fraction of sp³-hybridized carbons (Fsp3) is 0.391. The number of rotatable bonds is 7. The van der Waals surface area contributed by atoms with Crippen LogP contribution in [0.5, 0.6) is 0 Å². The predicted octanol–water partition coefficient (Wildman–Crippen LogP) is 2.45. The van der Waals surface area contributed by atoms with E-state index in [2.05, 4.69) is 10.00 Å². The first-order valence-corrected chi connectivity index (χ1v) is 13.3. The van der Waals surface area contributed by atoms with Gasteiger partial charge in [0.05, 0.1) is 18.0 Å². The molecule has 1 aliphatic rings. The minimum atomic E-state index is -3.18. The van der Waals surface area contributed by atoms with Crippen LogP contribution in [0.4, 0.5) is 5.69 Å². The van der Waals surface area contributed by atoms with E-state index in [-0.39, 0.29) is 5.69 Å². The minimum Gasteiger partial charge on any atom is -0.386 e. The second kappa shape index (κ2) is 9.91. The Morgan fingerprint density at radius 3 is 2.15 bits per heavy atom. The molecular formula is C23H28ClN5O4S. The van der Waals surface area contributed by atoms with Crippen molar-refractivity contribution in [1.82, 2.24) is 18.7 Å². The topological polar surface area (TPSA) is 101 Å². The molecule has 4 rings (SSSR count). The summed E-state index contributed by atoms with van der Waals surface area (Å²) in [4.78, 5) is 15.3. The molecule has 0 aliphatic carbocycles. The summed E-state index contributed by atoms with van der Waals surface area (Å²) in [6.45, 7) is 3.99. The van der Waals surface area contributed by atoms with E-state index in [1.165, 1.54) is 26.1 Å². The van der Waals surface area contributed by atoms with Crippen LogP contribution < -0.4 is 10.6 Å². The zero-order valence-corrected chi connectivity index (χ0v) is 20.7. The highest BCUT2D eigenvalue weighted by molar-refractivity contribution is 7.88. The van der Waals surface area contributed by atoms with Gasteiger partial charge in [-0.05, 0) is 48.4 Å². The Morgan fingerprint density at radius 1 is 1.00 bits per heavy atom. The minimum absolute atomic E-state index is 0.339. The van der Waals surface area contributed by atoms with Gasteiger partial charge in [0.25, 0.3) is 0 Å². The van der Waals surface area contributed by atoms with E-state index < -0.39 is 22.2 Å². The van der Waals surface area contributed by atoms with Crippen LogP contribution in [0.1, 0.15) is 31.1 Å². The molecule has 1 saturated heterocycles. The average molecular weight is 506 g/mol. The average Bonchev–Trinajstić information content (AvgIpc) is 3.20. The van der Waals surface area contributed by atoms with Crippen LogP contribution in [0.15, 0.2) is 59.7 Å². The molecule has 182 valence electrons. The van der Waals surface area contributed by atoms with E-state index in [1.807, 2.05) is 31.2 Å². The number of aliphatic hydroxyl groups is 1. The van der Waals surface area contributed by atoms with Gasteiger partial charge in [-0.15, -0.1) is 0 Å². The summed E-state index contributed by atoms with van der Waals surface area (Å²) >= 11 is 5.95. The summed E-state index contributed by atoms with van der Waals surface area (Å²) in [5.41, 5.74) is 1.94. The van der Waals surface area contributed by atoms with Crippen LogP contribution >= 0.6 is 11.6 Å². The second-order valence-electron chi connectivity index (χ2n) is 8.37. The van der Waals surface area contributed by atoms with Crippen LogP contribution in [0, 0.1) is 0 Å². The van der Waals surface area contributed by atoms with Crippen molar-refractivity contribution in [2.45, 2.75) is 25.5 Å². The maximum atomic E-state index is 13.1. The molecule has 1 aliphatic heterocycles. The van der Waals surface area contributed by atoms with E-state index in [1.54, 1.807) is 24.3 Å². The maximum absolute atomic E-state index is 13.1. The number of benzene rings is 2. The fourth-order valence-corrected chi connectivity index (χ4v) is 5.19. The molecule has 34 heavy (non-hydrogen) atoms. The smallest absolute Gasteiger partial charge is 0.350 e. The van der Waals surface area contributed by atoms with Crippen LogP contribution in [-0.4, -0.2) is 64.6 Å². The first kappa shape index (κ1) is 24.5. The summed E-state index contributed by atoms with van der Waals surface area (Å²) < 4.78 is 27.7. The molecule has 2 unspecified atom stereocenters. The Hall–Kier alpha value is -2.66. The Labute approximate surface area is 203 Å². The highest BCUT2D eigenvalue weighted by Crippen LogP contribution is 2.28. The first-order chi connectivity index (χ1) is 16.2. The summed E-state index contributed by atoms with van der Waals surface area (Å²) in [6, 6.07) is 13.9. The molecule has 0 amide bonds. The quantitative estimate of drug-likeness (QED) is 0.529. The van der Waals surface area contributed by atoms with E-state index in [4.69, 9.17) is 11.6 Å². The lowest BCUT2D eigenvalue weighted by Crippen LogP contribution is -2.48. The number of aliphatic hydroxyl groups excluding tert-OH is 1. The molecule has 9 nitrogen and oxygen atoms in total. The summed E-state index contributed by atoms with van der Waals surface area (Å²) in [5, 5.41) is 15.7. The normalized spacial score (nSPS) is 17.0. The summed E-state index contributed by atoms with van der Waals surface area (Å²) in [5.74, 6) is 0. The third-order valence-corrected chi connectivity index (χ3v) is 7.76. The third kappa shape index (κ3) is 5.05. The molecule has 0 radical (unpaired) electrons. The van der Waals surface area contributed by atoms with Crippen molar-refractivity contribution in [2.24, 2.45) is 0 Å². The highest BCUT2D eigenvalue weighted by atomic mass is 35.5. The van der Waals surface area contributed by atoms with E-state index in [9.17, 15) is 18.3 Å². The lowest BCUT2D eigenvalue weighted by Gasteiger charge is -2.34. The molecule has 0 spiro atoms. The van der Waals surface area contributed by atoms with Crippen molar-refractivity contribution in [3.63, 3.8) is 0 Å². The van der Waals surface area contributed by atoms with Gasteiger partial charge < -0.3 is 10.0 Å². The van der Waals surface area contributed by atoms with Crippen molar-refractivity contribution in [3.05, 3.63) is 75.9 Å². The summed E-state index contributed by atoms with van der Waals surface area (Å²) in [7, 11) is -3.18. The maximum Gasteiger partial charge on any atom is 0.350 e. The van der Waals surface area contributed by atoms with Crippen molar-refractivity contribution >= 4 is 27.3 Å². The Kier molecular flexibility index (Phi) is 7.13. The number of piperazine rings is 1. The molecule has 2 aromatic carbocycles. The largest absolute Gasteiger partial charge is 0.386 e. The number of hydrogen-bond acceptors (Lipinski definition) is 6. The molecule has 0 saturated carbocycles. The van der Waals surface area contributed by atoms with Crippen molar-refractivity contribution in [2.75, 3.05) is 37.3 Å². The molecule has 3 aromatic rings. The highest BCUT2D eigenvalue weighted by Gasteiger charge is 2.26. The van der Waals surface area contributed by atoms with Gasteiger partial charge >= 0.3 is 5.69 Å². The lowest BCUT2D eigenvalue weighted by atomic mass is 10.0. The predicted molar refractivity (Wildman–Crippen MR) is 132 cm³/mol. The van der Waals surface area contributed by atoms with E-state index in [0.717, 1.165) is 5.69 Å². The zero-order chi connectivity index (χ0) is 24.5. The Bertz CT molecular complexity index is 1280. The number of anilines is 1. The number of aromatic nitrogens is 3. The number of nitrogens with zero attached hydrogens (tertiary/aromatic N) is 5. The van der Waals surface area contributed by atoms with E-state index >= 15 is 0 Å². The molecule has 1 N–H and O–H groups in total. The SMILES string of the molecule is CCC(C(O)c1ccc(Cl)cc1)n1ncn(-c2ccc(N3CCN(S(C)(=O)=O)CC3)cc2)c1=O. The zero-order valence-electron chi connectivity index (χ0n) is 19.1. The van der Waals surface area contributed by atoms with Gasteiger partial charge in [0, 0.05) is 36.9 Å². The third-order valence-electron chi connectivity index (χ3n) is 6.20. The monoisotopic (exact) mass is 505 g/mol. The number of hydrogen-bond donors (Lipinski definition) is 1. The Morgan fingerprint density at radius 2 is 1.59 bits per heavy atom. The number of halogens is 1. The summed E-state index contributed by atoms with van der Waals surface area (Å²) in [6.07, 6.45) is 2.29. The van der Waals surface area contributed by atoms with Gasteiger partial charge in [-0.2, -0.15) is 9.40 Å².